The average Bonchev–Trinajstić information content (AvgIpc) is 3.05. The van der Waals surface area contributed by atoms with E-state index >= 15 is 0 Å². The molecule has 2 bridgehead atoms. The van der Waals surface area contributed by atoms with E-state index in [2.05, 4.69) is 19.7 Å². The highest BCUT2D eigenvalue weighted by atomic mass is 16.6. The minimum absolute atomic E-state index is 0.292. The molecule has 5 heteroatoms. The quantitative estimate of drug-likeness (QED) is 0.440. The first kappa shape index (κ1) is 18.2. The molecule has 2 heterocycles. The minimum atomic E-state index is -0.559. The number of hydrogen-bond acceptors (Lipinski definition) is 5. The summed E-state index contributed by atoms with van der Waals surface area (Å²) in [5.74, 6) is -0.596. The lowest BCUT2D eigenvalue weighted by Crippen LogP contribution is -2.33. The Balaban J connectivity index is 1.97. The van der Waals surface area contributed by atoms with E-state index in [4.69, 9.17) is 14.2 Å². The van der Waals surface area contributed by atoms with Gasteiger partial charge in [0.15, 0.2) is 0 Å². The molecule has 0 aromatic rings. The van der Waals surface area contributed by atoms with Gasteiger partial charge in [0.25, 0.3) is 0 Å². The van der Waals surface area contributed by atoms with Gasteiger partial charge >= 0.3 is 11.9 Å². The first-order chi connectivity index (χ1) is 12.3. The number of ether oxygens (including phenoxy) is 3. The van der Waals surface area contributed by atoms with Gasteiger partial charge in [-0.3, -0.25) is 0 Å². The SMILES string of the molecule is C=C(CC)C(=O)O[C@@H]1/C=C(\C)C[C@@H]2C=C(CC3OC(=C)C(=C)[C@H]31)C(=O)O2. The van der Waals surface area contributed by atoms with Gasteiger partial charge in [-0.25, -0.2) is 9.59 Å². The molecule has 5 nitrogen and oxygen atoms in total. The van der Waals surface area contributed by atoms with Gasteiger partial charge in [0.05, 0.1) is 5.92 Å². The highest BCUT2D eigenvalue weighted by Gasteiger charge is 2.44. The maximum Gasteiger partial charge on any atom is 0.334 e. The van der Waals surface area contributed by atoms with Crippen LogP contribution in [0.1, 0.15) is 33.1 Å². The summed E-state index contributed by atoms with van der Waals surface area (Å²) in [4.78, 5) is 24.5. The molecule has 0 radical (unpaired) electrons. The van der Waals surface area contributed by atoms with Gasteiger partial charge in [-0.2, -0.15) is 0 Å². The van der Waals surface area contributed by atoms with Crippen LogP contribution in [0.3, 0.4) is 0 Å². The van der Waals surface area contributed by atoms with E-state index in [1.807, 2.05) is 26.0 Å². The van der Waals surface area contributed by atoms with Crippen molar-refractivity contribution in [1.29, 1.82) is 0 Å². The molecule has 1 aliphatic carbocycles. The summed E-state index contributed by atoms with van der Waals surface area (Å²) in [6, 6.07) is 0. The van der Waals surface area contributed by atoms with Crippen LogP contribution >= 0.6 is 0 Å². The van der Waals surface area contributed by atoms with Crippen molar-refractivity contribution >= 4 is 11.9 Å². The molecule has 0 N–H and O–H groups in total. The highest BCUT2D eigenvalue weighted by Crippen LogP contribution is 2.41. The minimum Gasteiger partial charge on any atom is -0.490 e. The second kappa shape index (κ2) is 6.98. The Bertz CT molecular complexity index is 754. The molecule has 1 fully saturated rings. The summed E-state index contributed by atoms with van der Waals surface area (Å²) in [6.45, 7) is 15.5. The fourth-order valence-electron chi connectivity index (χ4n) is 3.56. The number of hydrogen-bond donors (Lipinski definition) is 0. The van der Waals surface area contributed by atoms with Crippen molar-refractivity contribution in [1.82, 2.24) is 0 Å². The van der Waals surface area contributed by atoms with Crippen LogP contribution in [0.5, 0.6) is 0 Å². The van der Waals surface area contributed by atoms with Gasteiger partial charge in [0.2, 0.25) is 0 Å². The Kier molecular flexibility index (Phi) is 4.90. The van der Waals surface area contributed by atoms with Crippen LogP contribution in [0.15, 0.2) is 59.9 Å². The largest absolute Gasteiger partial charge is 0.490 e. The number of esters is 2. The van der Waals surface area contributed by atoms with Crippen molar-refractivity contribution in [3.05, 3.63) is 59.9 Å². The Hall–Kier alpha value is -2.56. The fourth-order valence-corrected chi connectivity index (χ4v) is 3.56. The number of rotatable bonds is 3. The number of carbonyl (C=O) groups excluding carboxylic acids is 2. The van der Waals surface area contributed by atoms with Crippen LogP contribution in [0.4, 0.5) is 0 Å². The monoisotopic (exact) mass is 356 g/mol. The van der Waals surface area contributed by atoms with Gasteiger partial charge < -0.3 is 14.2 Å². The molecular weight excluding hydrogens is 332 g/mol. The zero-order chi connectivity index (χ0) is 19.0. The molecule has 3 aliphatic rings. The maximum atomic E-state index is 12.3. The lowest BCUT2D eigenvalue weighted by molar-refractivity contribution is -0.145. The van der Waals surface area contributed by atoms with E-state index in [1.54, 1.807) is 0 Å². The lowest BCUT2D eigenvalue weighted by Gasteiger charge is -2.26. The normalized spacial score (nSPS) is 32.6. The predicted molar refractivity (Wildman–Crippen MR) is 96.9 cm³/mol. The highest BCUT2D eigenvalue weighted by molar-refractivity contribution is 5.91. The van der Waals surface area contributed by atoms with Crippen molar-refractivity contribution in [2.24, 2.45) is 5.92 Å². The standard InChI is InChI=1S/C21H24O5/c1-6-12(3)20(22)26-17-8-11(2)7-16-9-15(21(23)25-16)10-18-19(17)13(4)14(5)24-18/h8-9,16-19H,3-7,10H2,1-2H3/b11-8+/t16-,17-,18?,19+/m1/s1. The first-order valence-electron chi connectivity index (χ1n) is 8.82. The zero-order valence-corrected chi connectivity index (χ0v) is 15.2. The maximum absolute atomic E-state index is 12.3. The summed E-state index contributed by atoms with van der Waals surface area (Å²) >= 11 is 0. The third kappa shape index (κ3) is 3.39. The van der Waals surface area contributed by atoms with E-state index in [0.717, 1.165) is 5.57 Å². The molecule has 2 aliphatic heterocycles. The van der Waals surface area contributed by atoms with Crippen LogP contribution in [0, 0.1) is 5.92 Å². The van der Waals surface area contributed by atoms with E-state index in [-0.39, 0.29) is 24.1 Å². The van der Waals surface area contributed by atoms with E-state index in [9.17, 15) is 9.59 Å². The number of fused-ring (bicyclic) bond motifs is 2. The average molecular weight is 356 g/mol. The summed E-state index contributed by atoms with van der Waals surface area (Å²) < 4.78 is 17.0. The second-order valence-corrected chi connectivity index (χ2v) is 7.01. The fraction of sp³-hybridized carbons (Fsp3) is 0.429. The summed E-state index contributed by atoms with van der Waals surface area (Å²) in [5, 5.41) is 0. The van der Waals surface area contributed by atoms with Crippen molar-refractivity contribution in [3.8, 4) is 0 Å². The van der Waals surface area contributed by atoms with E-state index < -0.39 is 12.1 Å². The molecule has 1 unspecified atom stereocenters. The smallest absolute Gasteiger partial charge is 0.334 e. The van der Waals surface area contributed by atoms with Crippen molar-refractivity contribution in [2.45, 2.75) is 51.4 Å². The van der Waals surface area contributed by atoms with Crippen molar-refractivity contribution in [2.75, 3.05) is 0 Å². The van der Waals surface area contributed by atoms with Gasteiger partial charge in [-0.05, 0) is 31.1 Å². The van der Waals surface area contributed by atoms with Crippen LogP contribution in [0.25, 0.3) is 0 Å². The van der Waals surface area contributed by atoms with Crippen molar-refractivity contribution in [3.63, 3.8) is 0 Å². The molecule has 4 atom stereocenters. The lowest BCUT2D eigenvalue weighted by atomic mass is 9.85. The van der Waals surface area contributed by atoms with Crippen LogP contribution in [-0.4, -0.2) is 30.3 Å². The first-order valence-corrected chi connectivity index (χ1v) is 8.82. The van der Waals surface area contributed by atoms with Gasteiger partial charge in [-0.1, -0.05) is 32.2 Å². The van der Waals surface area contributed by atoms with Gasteiger partial charge in [-0.15, -0.1) is 0 Å². The third-order valence-corrected chi connectivity index (χ3v) is 5.07. The Labute approximate surface area is 153 Å². The Morgan fingerprint density at radius 2 is 2.00 bits per heavy atom. The molecule has 138 valence electrons. The van der Waals surface area contributed by atoms with Gasteiger partial charge in [0.1, 0.15) is 24.1 Å². The van der Waals surface area contributed by atoms with E-state index in [0.29, 0.717) is 41.7 Å². The number of carbonyl (C=O) groups is 2. The molecule has 1 saturated heterocycles. The molecular formula is C21H24O5. The summed E-state index contributed by atoms with van der Waals surface area (Å²) in [6.07, 6.45) is 3.96. The molecule has 0 aromatic carbocycles. The van der Waals surface area contributed by atoms with Gasteiger partial charge in [0, 0.05) is 24.0 Å². The second-order valence-electron chi connectivity index (χ2n) is 7.01. The Morgan fingerprint density at radius 1 is 1.27 bits per heavy atom. The van der Waals surface area contributed by atoms with E-state index in [1.165, 1.54) is 0 Å². The topological polar surface area (TPSA) is 61.8 Å². The molecule has 3 rings (SSSR count). The molecule has 0 saturated carbocycles. The molecule has 0 amide bonds. The van der Waals surface area contributed by atoms with Crippen LogP contribution < -0.4 is 0 Å². The number of allylic oxidation sites excluding steroid dienone is 1. The van der Waals surface area contributed by atoms with Crippen molar-refractivity contribution < 1.29 is 23.8 Å². The van der Waals surface area contributed by atoms with Crippen LogP contribution in [-0.2, 0) is 23.8 Å². The Morgan fingerprint density at radius 3 is 2.69 bits per heavy atom. The summed E-state index contributed by atoms with van der Waals surface area (Å²) in [7, 11) is 0. The molecule has 26 heavy (non-hydrogen) atoms. The molecule has 0 spiro atoms. The zero-order valence-electron chi connectivity index (χ0n) is 15.2. The predicted octanol–water partition coefficient (Wildman–Crippen LogP) is 3.54. The molecule has 0 aromatic heterocycles. The van der Waals surface area contributed by atoms with Crippen LogP contribution in [0.2, 0.25) is 0 Å². The summed E-state index contributed by atoms with van der Waals surface area (Å²) in [5.41, 5.74) is 2.65. The third-order valence-electron chi connectivity index (χ3n) is 5.07.